The predicted octanol–water partition coefficient (Wildman–Crippen LogP) is 4.25. The molecule has 31 heavy (non-hydrogen) atoms. The van der Waals surface area contributed by atoms with Crippen LogP contribution in [-0.4, -0.2) is 32.0 Å². The van der Waals surface area contributed by atoms with Crippen LogP contribution < -0.4 is 4.72 Å². The number of aromatic amines is 1. The first kappa shape index (κ1) is 21.6. The van der Waals surface area contributed by atoms with Gasteiger partial charge in [0, 0.05) is 17.9 Å². The summed E-state index contributed by atoms with van der Waals surface area (Å²) in [4.78, 5) is 15.1. The van der Waals surface area contributed by atoms with Gasteiger partial charge in [0.15, 0.2) is 0 Å². The third-order valence-electron chi connectivity index (χ3n) is 5.69. The van der Waals surface area contributed by atoms with E-state index >= 15 is 0 Å². The van der Waals surface area contributed by atoms with Gasteiger partial charge in [-0.05, 0) is 66.1 Å². The molecule has 0 bridgehead atoms. The zero-order valence-electron chi connectivity index (χ0n) is 16.7. The standard InChI is InChI=1S/C22H21F3N2O3S/c1-31(29,30)26-11-17(28)8-12-6-14(7-12)20-18-9-16(24)10-19(25)22(18)27-21(20)13-2-4-15(23)5-3-13/h2-5,9-10,12,14,26-27H,6-8,11H2,1H3. The number of carbonyl (C=O) groups is 1. The van der Waals surface area contributed by atoms with Gasteiger partial charge in [0.05, 0.1) is 24.0 Å². The summed E-state index contributed by atoms with van der Waals surface area (Å²) in [5, 5.41) is 0.436. The van der Waals surface area contributed by atoms with Gasteiger partial charge in [-0.2, -0.15) is 0 Å². The van der Waals surface area contributed by atoms with Crippen LogP contribution in [0.1, 0.15) is 30.7 Å². The van der Waals surface area contributed by atoms with Gasteiger partial charge in [0.25, 0.3) is 0 Å². The van der Waals surface area contributed by atoms with Gasteiger partial charge in [-0.15, -0.1) is 0 Å². The summed E-state index contributed by atoms with van der Waals surface area (Å²) in [6.07, 6.45) is 2.48. The molecule has 2 N–H and O–H groups in total. The van der Waals surface area contributed by atoms with Crippen molar-refractivity contribution in [2.24, 2.45) is 5.92 Å². The van der Waals surface area contributed by atoms with Gasteiger partial charge in [0.1, 0.15) is 23.2 Å². The summed E-state index contributed by atoms with van der Waals surface area (Å²) in [6.45, 7) is -0.246. The van der Waals surface area contributed by atoms with Gasteiger partial charge in [-0.1, -0.05) is 0 Å². The van der Waals surface area contributed by atoms with Crippen molar-refractivity contribution in [1.29, 1.82) is 0 Å². The molecule has 5 nitrogen and oxygen atoms in total. The number of rotatable bonds is 7. The van der Waals surface area contributed by atoms with Gasteiger partial charge in [-0.25, -0.2) is 26.3 Å². The SMILES string of the molecule is CS(=O)(=O)NCC(=O)CC1CC(c2c(-c3ccc(F)cc3)[nH]c3c(F)cc(F)cc23)C1. The second-order valence-electron chi connectivity index (χ2n) is 8.10. The molecule has 0 amide bonds. The van der Waals surface area contributed by atoms with Gasteiger partial charge in [-0.3, -0.25) is 4.79 Å². The second kappa shape index (κ2) is 8.12. The van der Waals surface area contributed by atoms with Crippen LogP contribution in [0.5, 0.6) is 0 Å². The Morgan fingerprint density at radius 3 is 2.42 bits per heavy atom. The molecule has 0 aliphatic heterocycles. The predicted molar refractivity (Wildman–Crippen MR) is 112 cm³/mol. The summed E-state index contributed by atoms with van der Waals surface area (Å²) in [6, 6.07) is 7.86. The zero-order valence-corrected chi connectivity index (χ0v) is 17.5. The van der Waals surface area contributed by atoms with Crippen LogP contribution in [0.3, 0.4) is 0 Å². The van der Waals surface area contributed by atoms with Crippen molar-refractivity contribution < 1.29 is 26.4 Å². The number of nitrogens with one attached hydrogen (secondary N) is 2. The Kier molecular flexibility index (Phi) is 5.65. The Hall–Kier alpha value is -2.65. The molecule has 2 aromatic carbocycles. The lowest BCUT2D eigenvalue weighted by Crippen LogP contribution is -2.32. The largest absolute Gasteiger partial charge is 0.352 e. The third kappa shape index (κ3) is 4.67. The number of fused-ring (bicyclic) bond motifs is 1. The van der Waals surface area contributed by atoms with E-state index in [1.807, 2.05) is 0 Å². The highest BCUT2D eigenvalue weighted by Crippen LogP contribution is 2.49. The van der Waals surface area contributed by atoms with Crippen molar-refractivity contribution in [3.63, 3.8) is 0 Å². The summed E-state index contributed by atoms with van der Waals surface area (Å²) in [5.74, 6) is -1.97. The summed E-state index contributed by atoms with van der Waals surface area (Å²) >= 11 is 0. The number of Topliss-reactive ketones (excluding diaryl/α,β-unsaturated/α-hetero) is 1. The third-order valence-corrected chi connectivity index (χ3v) is 6.36. The molecule has 0 unspecified atom stereocenters. The summed E-state index contributed by atoms with van der Waals surface area (Å²) in [5.41, 5.74) is 2.20. The molecule has 0 radical (unpaired) electrons. The molecule has 1 aromatic heterocycles. The number of carbonyl (C=O) groups excluding carboxylic acids is 1. The maximum absolute atomic E-state index is 14.4. The first-order valence-electron chi connectivity index (χ1n) is 9.83. The Morgan fingerprint density at radius 1 is 1.10 bits per heavy atom. The molecule has 1 fully saturated rings. The average molecular weight is 450 g/mol. The quantitative estimate of drug-likeness (QED) is 0.565. The Balaban J connectivity index is 1.59. The highest BCUT2D eigenvalue weighted by molar-refractivity contribution is 7.88. The molecule has 3 aromatic rings. The number of benzene rings is 2. The zero-order chi connectivity index (χ0) is 22.3. The molecule has 164 valence electrons. The highest BCUT2D eigenvalue weighted by Gasteiger charge is 2.35. The second-order valence-corrected chi connectivity index (χ2v) is 9.93. The minimum Gasteiger partial charge on any atom is -0.352 e. The molecule has 9 heteroatoms. The monoisotopic (exact) mass is 450 g/mol. The minimum atomic E-state index is -3.43. The lowest BCUT2D eigenvalue weighted by Gasteiger charge is -2.36. The van der Waals surface area contributed by atoms with E-state index in [1.165, 1.54) is 18.2 Å². The Morgan fingerprint density at radius 2 is 1.77 bits per heavy atom. The first-order chi connectivity index (χ1) is 14.6. The number of aromatic nitrogens is 1. The van der Waals surface area contributed by atoms with Crippen molar-refractivity contribution in [2.45, 2.75) is 25.2 Å². The normalized spacial score (nSPS) is 18.8. The van der Waals surface area contributed by atoms with E-state index < -0.39 is 27.5 Å². The van der Waals surface area contributed by atoms with Crippen molar-refractivity contribution >= 4 is 26.7 Å². The van der Waals surface area contributed by atoms with Crippen LogP contribution in [0.2, 0.25) is 0 Å². The molecular formula is C22H21F3N2O3S. The van der Waals surface area contributed by atoms with E-state index in [2.05, 4.69) is 9.71 Å². The summed E-state index contributed by atoms with van der Waals surface area (Å²) < 4.78 is 66.2. The van der Waals surface area contributed by atoms with Gasteiger partial charge >= 0.3 is 0 Å². The van der Waals surface area contributed by atoms with E-state index in [-0.39, 0.29) is 36.1 Å². The number of ketones is 1. The molecule has 4 rings (SSSR count). The fourth-order valence-corrected chi connectivity index (χ4v) is 4.68. The number of sulfonamides is 1. The molecule has 1 heterocycles. The van der Waals surface area contributed by atoms with Gasteiger partial charge < -0.3 is 4.98 Å². The Labute approximate surface area is 177 Å². The van der Waals surface area contributed by atoms with Crippen molar-refractivity contribution in [1.82, 2.24) is 9.71 Å². The topological polar surface area (TPSA) is 79.0 Å². The number of hydrogen-bond acceptors (Lipinski definition) is 3. The first-order valence-corrected chi connectivity index (χ1v) is 11.7. The van der Waals surface area contributed by atoms with E-state index in [0.717, 1.165) is 17.9 Å². The molecule has 1 saturated carbocycles. The fraction of sp³-hybridized carbons (Fsp3) is 0.318. The average Bonchev–Trinajstić information content (AvgIpc) is 3.02. The van der Waals surface area contributed by atoms with E-state index in [4.69, 9.17) is 0 Å². The number of halogens is 3. The molecule has 1 aliphatic carbocycles. The van der Waals surface area contributed by atoms with E-state index in [9.17, 15) is 26.4 Å². The van der Waals surface area contributed by atoms with Crippen LogP contribution in [-0.2, 0) is 14.8 Å². The molecule has 0 atom stereocenters. The van der Waals surface area contributed by atoms with Crippen LogP contribution >= 0.6 is 0 Å². The lowest BCUT2D eigenvalue weighted by atomic mass is 9.68. The number of hydrogen-bond donors (Lipinski definition) is 2. The van der Waals surface area contributed by atoms with E-state index in [1.54, 1.807) is 12.1 Å². The van der Waals surface area contributed by atoms with Crippen LogP contribution in [0.25, 0.3) is 22.2 Å². The van der Waals surface area contributed by atoms with Crippen LogP contribution in [0, 0.1) is 23.4 Å². The minimum absolute atomic E-state index is 0.0318. The maximum atomic E-state index is 14.4. The van der Waals surface area contributed by atoms with Gasteiger partial charge in [0.2, 0.25) is 10.0 Å². The van der Waals surface area contributed by atoms with Crippen molar-refractivity contribution in [3.05, 3.63) is 59.4 Å². The van der Waals surface area contributed by atoms with Crippen LogP contribution in [0.4, 0.5) is 13.2 Å². The van der Waals surface area contributed by atoms with Crippen LogP contribution in [0.15, 0.2) is 36.4 Å². The molecular weight excluding hydrogens is 429 g/mol. The smallest absolute Gasteiger partial charge is 0.209 e. The van der Waals surface area contributed by atoms with E-state index in [0.29, 0.717) is 29.5 Å². The Bertz CT molecular complexity index is 1250. The maximum Gasteiger partial charge on any atom is 0.209 e. The molecule has 0 spiro atoms. The fourth-order valence-electron chi connectivity index (χ4n) is 4.25. The van der Waals surface area contributed by atoms with Crippen molar-refractivity contribution in [3.8, 4) is 11.3 Å². The number of H-pyrrole nitrogens is 1. The lowest BCUT2D eigenvalue weighted by molar-refractivity contribution is -0.119. The molecule has 1 aliphatic rings. The van der Waals surface area contributed by atoms with Crippen molar-refractivity contribution in [2.75, 3.05) is 12.8 Å². The molecule has 0 saturated heterocycles. The highest BCUT2D eigenvalue weighted by atomic mass is 32.2. The summed E-state index contributed by atoms with van der Waals surface area (Å²) in [7, 11) is -3.43.